The van der Waals surface area contributed by atoms with Crippen molar-refractivity contribution < 1.29 is 8.42 Å². The number of sulfonamides is 1. The van der Waals surface area contributed by atoms with Crippen LogP contribution < -0.4 is 4.72 Å². The fourth-order valence-corrected chi connectivity index (χ4v) is 4.64. The Hall–Kier alpha value is -2.31. The monoisotopic (exact) mass is 389 g/mol. The molecule has 0 aliphatic heterocycles. The van der Waals surface area contributed by atoms with E-state index in [1.54, 1.807) is 43.7 Å². The van der Waals surface area contributed by atoms with Crippen LogP contribution in [-0.4, -0.2) is 18.2 Å². The van der Waals surface area contributed by atoms with Crippen LogP contribution in [0.4, 0.5) is 5.69 Å². The van der Waals surface area contributed by atoms with Gasteiger partial charge in [-0.15, -0.1) is 0 Å². The highest BCUT2D eigenvalue weighted by Gasteiger charge is 2.25. The maximum Gasteiger partial charge on any atom is 0.265 e. The molecule has 5 nitrogen and oxygen atoms in total. The minimum atomic E-state index is -3.78. The normalized spacial score (nSPS) is 11.6. The molecule has 3 rings (SSSR count). The molecule has 2 aromatic carbocycles. The van der Waals surface area contributed by atoms with Crippen LogP contribution in [0.2, 0.25) is 5.02 Å². The summed E-state index contributed by atoms with van der Waals surface area (Å²) < 4.78 is 30.3. The minimum absolute atomic E-state index is 0.187. The van der Waals surface area contributed by atoms with E-state index in [4.69, 9.17) is 11.6 Å². The van der Waals surface area contributed by atoms with E-state index >= 15 is 0 Å². The van der Waals surface area contributed by atoms with E-state index in [1.165, 1.54) is 0 Å². The van der Waals surface area contributed by atoms with E-state index in [2.05, 4.69) is 9.82 Å². The standard InChI is InChI=1S/C19H20ClN3O2S/c1-12-5-8-17(9-6-12)23-15(4)19(14(3)21-23)26(24,25)22-18-10-7-16(20)11-13(18)2/h5-11,22H,1-4H3. The molecule has 1 N–H and O–H groups in total. The summed E-state index contributed by atoms with van der Waals surface area (Å²) in [5, 5.41) is 4.99. The molecule has 3 aromatic rings. The SMILES string of the molecule is Cc1ccc(-n2nc(C)c(S(=O)(=O)Nc3ccc(Cl)cc3C)c2C)cc1. The van der Waals surface area contributed by atoms with Gasteiger partial charge in [-0.2, -0.15) is 5.10 Å². The molecule has 7 heteroatoms. The van der Waals surface area contributed by atoms with E-state index in [0.29, 0.717) is 22.1 Å². The second kappa shape index (κ2) is 6.78. The lowest BCUT2D eigenvalue weighted by Crippen LogP contribution is -2.15. The van der Waals surface area contributed by atoms with Crippen molar-refractivity contribution in [2.24, 2.45) is 0 Å². The summed E-state index contributed by atoms with van der Waals surface area (Å²) in [7, 11) is -3.78. The molecule has 0 aliphatic carbocycles. The summed E-state index contributed by atoms with van der Waals surface area (Å²) in [6.07, 6.45) is 0. The Balaban J connectivity index is 2.04. The highest BCUT2D eigenvalue weighted by atomic mass is 35.5. The number of nitrogens with zero attached hydrogens (tertiary/aromatic N) is 2. The number of aryl methyl sites for hydroxylation is 3. The Labute approximate surface area is 158 Å². The number of halogens is 1. The molecule has 0 aliphatic rings. The number of aromatic nitrogens is 2. The first-order valence-electron chi connectivity index (χ1n) is 8.11. The van der Waals surface area contributed by atoms with Crippen LogP contribution in [0.15, 0.2) is 47.4 Å². The van der Waals surface area contributed by atoms with Gasteiger partial charge in [0.05, 0.1) is 22.8 Å². The molecule has 136 valence electrons. The topological polar surface area (TPSA) is 64.0 Å². The number of hydrogen-bond donors (Lipinski definition) is 1. The highest BCUT2D eigenvalue weighted by molar-refractivity contribution is 7.92. The summed E-state index contributed by atoms with van der Waals surface area (Å²) in [6, 6.07) is 12.8. The average Bonchev–Trinajstić information content (AvgIpc) is 2.86. The lowest BCUT2D eigenvalue weighted by Gasteiger charge is -2.11. The molecular formula is C19H20ClN3O2S. The van der Waals surface area contributed by atoms with Crippen molar-refractivity contribution in [3.05, 3.63) is 70.0 Å². The molecule has 0 amide bonds. The predicted molar refractivity (Wildman–Crippen MR) is 105 cm³/mol. The maximum atomic E-state index is 13.0. The predicted octanol–water partition coefficient (Wildman–Crippen LogP) is 4.56. The largest absolute Gasteiger partial charge is 0.279 e. The lowest BCUT2D eigenvalue weighted by atomic mass is 10.2. The molecule has 0 atom stereocenters. The molecule has 0 unspecified atom stereocenters. The van der Waals surface area contributed by atoms with E-state index in [9.17, 15) is 8.42 Å². The second-order valence-electron chi connectivity index (χ2n) is 6.31. The third-order valence-corrected chi connectivity index (χ3v) is 6.06. The van der Waals surface area contributed by atoms with Gasteiger partial charge in [0.1, 0.15) is 4.90 Å². The summed E-state index contributed by atoms with van der Waals surface area (Å²) >= 11 is 5.95. The van der Waals surface area contributed by atoms with Crippen LogP contribution >= 0.6 is 11.6 Å². The van der Waals surface area contributed by atoms with Crippen molar-refractivity contribution in [3.63, 3.8) is 0 Å². The van der Waals surface area contributed by atoms with Gasteiger partial charge in [0.25, 0.3) is 10.0 Å². The number of rotatable bonds is 4. The van der Waals surface area contributed by atoms with Gasteiger partial charge in [-0.25, -0.2) is 13.1 Å². The molecule has 0 radical (unpaired) electrons. The van der Waals surface area contributed by atoms with Crippen LogP contribution in [0, 0.1) is 27.7 Å². The molecule has 0 saturated heterocycles. The summed E-state index contributed by atoms with van der Waals surface area (Å²) in [6.45, 7) is 7.25. The molecular weight excluding hydrogens is 370 g/mol. The van der Waals surface area contributed by atoms with E-state index in [-0.39, 0.29) is 4.90 Å². The second-order valence-corrected chi connectivity index (χ2v) is 8.37. The molecule has 26 heavy (non-hydrogen) atoms. The Kier molecular flexibility index (Phi) is 4.82. The van der Waals surface area contributed by atoms with E-state index < -0.39 is 10.0 Å². The van der Waals surface area contributed by atoms with Gasteiger partial charge in [-0.1, -0.05) is 29.3 Å². The van der Waals surface area contributed by atoms with Crippen LogP contribution in [-0.2, 0) is 10.0 Å². The van der Waals surface area contributed by atoms with Gasteiger partial charge in [-0.05, 0) is 63.6 Å². The number of anilines is 1. The Morgan fingerprint density at radius 3 is 2.27 bits per heavy atom. The third-order valence-electron chi connectivity index (χ3n) is 4.20. The highest BCUT2D eigenvalue weighted by Crippen LogP contribution is 2.27. The van der Waals surface area contributed by atoms with Gasteiger partial charge in [0, 0.05) is 5.02 Å². The molecule has 0 fully saturated rings. The number of hydrogen-bond acceptors (Lipinski definition) is 3. The quantitative estimate of drug-likeness (QED) is 0.711. The van der Waals surface area contributed by atoms with Crippen LogP contribution in [0.25, 0.3) is 5.69 Å². The van der Waals surface area contributed by atoms with E-state index in [0.717, 1.165) is 16.8 Å². The zero-order valence-electron chi connectivity index (χ0n) is 15.0. The third kappa shape index (κ3) is 3.48. The summed E-state index contributed by atoms with van der Waals surface area (Å²) in [5.41, 5.74) is 4.20. The molecule has 0 saturated carbocycles. The van der Waals surface area contributed by atoms with Gasteiger partial charge in [0.15, 0.2) is 0 Å². The van der Waals surface area contributed by atoms with Gasteiger partial charge < -0.3 is 0 Å². The first kappa shape index (κ1) is 18.5. The Morgan fingerprint density at radius 1 is 1.00 bits per heavy atom. The van der Waals surface area contributed by atoms with Crippen molar-refractivity contribution in [3.8, 4) is 5.69 Å². The molecule has 1 heterocycles. The number of benzene rings is 2. The van der Waals surface area contributed by atoms with Crippen LogP contribution in [0.5, 0.6) is 0 Å². The van der Waals surface area contributed by atoms with Crippen molar-refractivity contribution in [1.29, 1.82) is 0 Å². The van der Waals surface area contributed by atoms with Crippen molar-refractivity contribution in [2.45, 2.75) is 32.6 Å². The fourth-order valence-electron chi connectivity index (χ4n) is 2.89. The maximum absolute atomic E-state index is 13.0. The van der Waals surface area contributed by atoms with Crippen LogP contribution in [0.3, 0.4) is 0 Å². The first-order valence-corrected chi connectivity index (χ1v) is 9.97. The van der Waals surface area contributed by atoms with Crippen LogP contribution in [0.1, 0.15) is 22.5 Å². The zero-order valence-corrected chi connectivity index (χ0v) is 16.6. The Bertz CT molecular complexity index is 1070. The van der Waals surface area contributed by atoms with Gasteiger partial charge in [-0.3, -0.25) is 4.72 Å². The fraction of sp³-hybridized carbons (Fsp3) is 0.211. The molecule has 0 bridgehead atoms. The lowest BCUT2D eigenvalue weighted by molar-refractivity contribution is 0.600. The minimum Gasteiger partial charge on any atom is -0.279 e. The summed E-state index contributed by atoms with van der Waals surface area (Å²) in [5.74, 6) is 0. The van der Waals surface area contributed by atoms with Gasteiger partial charge in [0.2, 0.25) is 0 Å². The first-order chi connectivity index (χ1) is 12.2. The molecule has 1 aromatic heterocycles. The zero-order chi connectivity index (χ0) is 19.1. The summed E-state index contributed by atoms with van der Waals surface area (Å²) in [4.78, 5) is 0.187. The van der Waals surface area contributed by atoms with Crippen molar-refractivity contribution in [2.75, 3.05) is 4.72 Å². The van der Waals surface area contributed by atoms with Gasteiger partial charge >= 0.3 is 0 Å². The van der Waals surface area contributed by atoms with E-state index in [1.807, 2.05) is 31.2 Å². The number of nitrogens with one attached hydrogen (secondary N) is 1. The van der Waals surface area contributed by atoms with Crippen molar-refractivity contribution in [1.82, 2.24) is 9.78 Å². The Morgan fingerprint density at radius 2 is 1.65 bits per heavy atom. The average molecular weight is 390 g/mol. The van der Waals surface area contributed by atoms with Crippen molar-refractivity contribution >= 4 is 27.3 Å². The molecule has 0 spiro atoms. The smallest absolute Gasteiger partial charge is 0.265 e.